The highest BCUT2D eigenvalue weighted by molar-refractivity contribution is 5.80. The maximum Gasteiger partial charge on any atom is 0.248 e. The summed E-state index contributed by atoms with van der Waals surface area (Å²) in [6.07, 6.45) is 1.34. The number of nitrogens with zero attached hydrogens (tertiary/aromatic N) is 1. The lowest BCUT2D eigenvalue weighted by Crippen LogP contribution is -2.61. The van der Waals surface area contributed by atoms with Crippen molar-refractivity contribution in [3.63, 3.8) is 0 Å². The molecule has 3 rings (SSSR count). The molecule has 6 heteroatoms. The van der Waals surface area contributed by atoms with Crippen molar-refractivity contribution < 1.29 is 23.0 Å². The number of carbonyl (C=O) groups is 1. The molecular weight excluding hydrogens is 268 g/mol. The lowest BCUT2D eigenvalue weighted by atomic mass is 9.84. The first-order valence-electron chi connectivity index (χ1n) is 7.37. The zero-order valence-corrected chi connectivity index (χ0v) is 11.6. The number of rotatable bonds is 1. The highest BCUT2D eigenvalue weighted by Gasteiger charge is 2.49. The van der Waals surface area contributed by atoms with Crippen LogP contribution in [0.1, 0.15) is 32.1 Å². The molecule has 1 saturated carbocycles. The molecule has 0 radical (unpaired) electrons. The first-order valence-corrected chi connectivity index (χ1v) is 7.37. The van der Waals surface area contributed by atoms with E-state index in [1.165, 1.54) is 0 Å². The molecule has 0 aromatic carbocycles. The zero-order valence-electron chi connectivity index (χ0n) is 11.6. The number of morpholine rings is 1. The van der Waals surface area contributed by atoms with E-state index in [0.717, 1.165) is 6.42 Å². The molecule has 2 atom stereocenters. The van der Waals surface area contributed by atoms with E-state index in [0.29, 0.717) is 45.8 Å². The number of ether oxygens (including phenoxy) is 2. The molecule has 1 amide bonds. The second kappa shape index (κ2) is 5.22. The second-order valence-electron chi connectivity index (χ2n) is 6.22. The van der Waals surface area contributed by atoms with Crippen molar-refractivity contribution in [3.05, 3.63) is 0 Å². The topological polar surface area (TPSA) is 38.8 Å². The highest BCUT2D eigenvalue weighted by atomic mass is 19.3. The third-order valence-electron chi connectivity index (χ3n) is 4.74. The van der Waals surface area contributed by atoms with Gasteiger partial charge in [-0.25, -0.2) is 8.78 Å². The predicted molar refractivity (Wildman–Crippen MR) is 67.6 cm³/mol. The van der Waals surface area contributed by atoms with Crippen LogP contribution in [0.5, 0.6) is 0 Å². The van der Waals surface area contributed by atoms with Crippen LogP contribution in [0.15, 0.2) is 0 Å². The van der Waals surface area contributed by atoms with Crippen molar-refractivity contribution in [2.45, 2.75) is 43.6 Å². The normalized spacial score (nSPS) is 37.3. The molecule has 114 valence electrons. The summed E-state index contributed by atoms with van der Waals surface area (Å²) < 4.78 is 38.0. The van der Waals surface area contributed by atoms with Gasteiger partial charge >= 0.3 is 0 Å². The molecule has 1 aliphatic carbocycles. The van der Waals surface area contributed by atoms with Crippen LogP contribution in [-0.4, -0.2) is 55.2 Å². The van der Waals surface area contributed by atoms with Gasteiger partial charge in [0.15, 0.2) is 0 Å². The average molecular weight is 289 g/mol. The fraction of sp³-hybridized carbons (Fsp3) is 0.929. The van der Waals surface area contributed by atoms with Crippen LogP contribution < -0.4 is 0 Å². The number of halogens is 2. The fourth-order valence-electron chi connectivity index (χ4n) is 3.60. The monoisotopic (exact) mass is 289 g/mol. The van der Waals surface area contributed by atoms with Crippen LogP contribution in [0, 0.1) is 5.92 Å². The van der Waals surface area contributed by atoms with Crippen LogP contribution in [-0.2, 0) is 14.3 Å². The molecule has 2 saturated heterocycles. The zero-order chi connectivity index (χ0) is 14.2. The molecule has 0 aromatic rings. The van der Waals surface area contributed by atoms with Gasteiger partial charge in [0.05, 0.1) is 25.4 Å². The second-order valence-corrected chi connectivity index (χ2v) is 6.22. The van der Waals surface area contributed by atoms with Crippen molar-refractivity contribution in [2.24, 2.45) is 5.92 Å². The minimum absolute atomic E-state index is 0.0891. The Morgan fingerprint density at radius 3 is 2.60 bits per heavy atom. The standard InChI is InChI=1S/C14H21F2NO3/c15-14(16)3-1-2-11(8-14)12(18)17-5-7-20-10-13(17)4-6-19-9-13/h11H,1-10H2/t11-,13+/m1/s1. The summed E-state index contributed by atoms with van der Waals surface area (Å²) in [6, 6.07) is 0. The van der Waals surface area contributed by atoms with Gasteiger partial charge in [0.1, 0.15) is 0 Å². The summed E-state index contributed by atoms with van der Waals surface area (Å²) in [5.41, 5.74) is -0.415. The minimum atomic E-state index is -2.69. The molecule has 1 spiro atoms. The molecule has 0 N–H and O–H groups in total. The first-order chi connectivity index (χ1) is 9.53. The quantitative estimate of drug-likeness (QED) is 0.739. The smallest absolute Gasteiger partial charge is 0.248 e. The molecule has 0 aromatic heterocycles. The molecule has 0 bridgehead atoms. The number of amides is 1. The van der Waals surface area contributed by atoms with Crippen LogP contribution in [0.4, 0.5) is 8.78 Å². The molecule has 2 aliphatic heterocycles. The first kappa shape index (κ1) is 14.2. The van der Waals surface area contributed by atoms with Crippen LogP contribution in [0.2, 0.25) is 0 Å². The van der Waals surface area contributed by atoms with Crippen molar-refractivity contribution in [1.29, 1.82) is 0 Å². The van der Waals surface area contributed by atoms with E-state index in [9.17, 15) is 13.6 Å². The van der Waals surface area contributed by atoms with Crippen molar-refractivity contribution in [2.75, 3.05) is 33.0 Å². The van der Waals surface area contributed by atoms with Crippen LogP contribution in [0.25, 0.3) is 0 Å². The third kappa shape index (κ3) is 2.55. The van der Waals surface area contributed by atoms with Gasteiger partial charge in [-0.1, -0.05) is 0 Å². The van der Waals surface area contributed by atoms with Crippen molar-refractivity contribution in [1.82, 2.24) is 4.90 Å². The lowest BCUT2D eigenvalue weighted by molar-refractivity contribution is -0.160. The van der Waals surface area contributed by atoms with Crippen molar-refractivity contribution >= 4 is 5.91 Å². The van der Waals surface area contributed by atoms with Gasteiger partial charge in [-0.05, 0) is 19.3 Å². The van der Waals surface area contributed by atoms with Crippen LogP contribution >= 0.6 is 0 Å². The molecule has 20 heavy (non-hydrogen) atoms. The summed E-state index contributed by atoms with van der Waals surface area (Å²) in [4.78, 5) is 14.5. The maximum absolute atomic E-state index is 13.5. The number of alkyl halides is 2. The number of carbonyl (C=O) groups excluding carboxylic acids is 1. The molecule has 3 fully saturated rings. The Balaban J connectivity index is 1.74. The fourth-order valence-corrected chi connectivity index (χ4v) is 3.60. The summed E-state index contributed by atoms with van der Waals surface area (Å²) >= 11 is 0. The van der Waals surface area contributed by atoms with Crippen molar-refractivity contribution in [3.8, 4) is 0 Å². The Morgan fingerprint density at radius 1 is 1.15 bits per heavy atom. The highest BCUT2D eigenvalue weighted by Crippen LogP contribution is 2.39. The van der Waals surface area contributed by atoms with E-state index < -0.39 is 17.4 Å². The van der Waals surface area contributed by atoms with E-state index >= 15 is 0 Å². The van der Waals surface area contributed by atoms with E-state index in [2.05, 4.69) is 0 Å². The Labute approximate surface area is 117 Å². The summed E-state index contributed by atoms with van der Waals surface area (Å²) in [7, 11) is 0. The molecule has 2 heterocycles. The van der Waals surface area contributed by atoms with E-state index in [-0.39, 0.29) is 18.7 Å². The van der Waals surface area contributed by atoms with E-state index in [4.69, 9.17) is 9.47 Å². The van der Waals surface area contributed by atoms with Gasteiger partial charge < -0.3 is 14.4 Å². The Morgan fingerprint density at radius 2 is 1.90 bits per heavy atom. The Kier molecular flexibility index (Phi) is 3.71. The SMILES string of the molecule is O=C([C@@H]1CCCC(F)(F)C1)N1CCOC[C@@]12CCOC2. The van der Waals surface area contributed by atoms with E-state index in [1.54, 1.807) is 4.90 Å². The molecule has 4 nitrogen and oxygen atoms in total. The van der Waals surface area contributed by atoms with Gasteiger partial charge in [0, 0.05) is 31.9 Å². The molecule has 0 unspecified atom stereocenters. The number of hydrogen-bond donors (Lipinski definition) is 0. The van der Waals surface area contributed by atoms with Gasteiger partial charge in [0.2, 0.25) is 11.8 Å². The molecule has 3 aliphatic rings. The summed E-state index contributed by atoms with van der Waals surface area (Å²) in [5.74, 6) is -3.36. The maximum atomic E-state index is 13.5. The third-order valence-corrected chi connectivity index (χ3v) is 4.74. The summed E-state index contributed by atoms with van der Waals surface area (Å²) in [6.45, 7) is 2.50. The largest absolute Gasteiger partial charge is 0.379 e. The minimum Gasteiger partial charge on any atom is -0.379 e. The average Bonchev–Trinajstić information content (AvgIpc) is 2.86. The number of hydrogen-bond acceptors (Lipinski definition) is 3. The Hall–Kier alpha value is -0.750. The van der Waals surface area contributed by atoms with Gasteiger partial charge in [-0.3, -0.25) is 4.79 Å². The van der Waals surface area contributed by atoms with Gasteiger partial charge in [-0.2, -0.15) is 0 Å². The van der Waals surface area contributed by atoms with Crippen LogP contribution in [0.3, 0.4) is 0 Å². The molecular formula is C14H21F2NO3. The summed E-state index contributed by atoms with van der Waals surface area (Å²) in [5, 5.41) is 0. The van der Waals surface area contributed by atoms with Gasteiger partial charge in [-0.15, -0.1) is 0 Å². The lowest BCUT2D eigenvalue weighted by Gasteiger charge is -2.45. The van der Waals surface area contributed by atoms with Gasteiger partial charge in [0.25, 0.3) is 0 Å². The van der Waals surface area contributed by atoms with E-state index in [1.807, 2.05) is 0 Å². The Bertz CT molecular complexity index is 383. The predicted octanol–water partition coefficient (Wildman–Crippen LogP) is 1.83.